The molecule has 3 aromatic rings. The largest absolute Gasteiger partial charge is 0.360 e. The number of hydrogen-bond donors (Lipinski definition) is 1. The Kier molecular flexibility index (Phi) is 5.08. The lowest BCUT2D eigenvalue weighted by atomic mass is 10.0. The number of benzene rings is 2. The summed E-state index contributed by atoms with van der Waals surface area (Å²) < 4.78 is 0. The summed E-state index contributed by atoms with van der Waals surface area (Å²) >= 11 is 6.19. The van der Waals surface area contributed by atoms with Crippen LogP contribution in [0.2, 0.25) is 5.02 Å². The van der Waals surface area contributed by atoms with Gasteiger partial charge in [0.1, 0.15) is 6.33 Å². The highest BCUT2D eigenvalue weighted by atomic mass is 35.5. The van der Waals surface area contributed by atoms with Crippen LogP contribution in [0.4, 0.5) is 23.0 Å². The molecular weight excluding hydrogens is 378 g/mol. The number of rotatable bonds is 5. The zero-order chi connectivity index (χ0) is 19.5. The molecule has 0 saturated carbocycles. The topological polar surface area (TPSA) is 84.2 Å². The van der Waals surface area contributed by atoms with E-state index in [9.17, 15) is 10.1 Å². The normalized spacial score (nSPS) is 13.1. The monoisotopic (exact) mass is 395 g/mol. The molecule has 1 aliphatic rings. The highest BCUT2D eigenvalue weighted by Gasteiger charge is 2.30. The second-order valence-corrected chi connectivity index (χ2v) is 6.89. The molecule has 4 rings (SSSR count). The van der Waals surface area contributed by atoms with Crippen molar-refractivity contribution in [1.29, 1.82) is 0 Å². The summed E-state index contributed by atoms with van der Waals surface area (Å²) in [6.45, 7) is 0.992. The third-order valence-electron chi connectivity index (χ3n) is 4.76. The van der Waals surface area contributed by atoms with E-state index in [1.54, 1.807) is 6.07 Å². The first kappa shape index (κ1) is 18.2. The molecule has 142 valence electrons. The van der Waals surface area contributed by atoms with Crippen molar-refractivity contribution >= 4 is 34.6 Å². The highest BCUT2D eigenvalue weighted by molar-refractivity contribution is 6.31. The molecule has 1 N–H and O–H groups in total. The van der Waals surface area contributed by atoms with Crippen molar-refractivity contribution in [2.45, 2.75) is 19.4 Å². The van der Waals surface area contributed by atoms with Crippen molar-refractivity contribution in [3.05, 3.63) is 81.1 Å². The summed E-state index contributed by atoms with van der Waals surface area (Å²) in [4.78, 5) is 21.8. The van der Waals surface area contributed by atoms with Gasteiger partial charge in [-0.1, -0.05) is 48.0 Å². The van der Waals surface area contributed by atoms with Crippen LogP contribution in [0.1, 0.15) is 17.5 Å². The van der Waals surface area contributed by atoms with Gasteiger partial charge >= 0.3 is 5.69 Å². The summed E-state index contributed by atoms with van der Waals surface area (Å²) in [5, 5.41) is 15.6. The van der Waals surface area contributed by atoms with Gasteiger partial charge in [-0.25, -0.2) is 9.97 Å². The average molecular weight is 396 g/mol. The molecule has 0 atom stereocenters. The van der Waals surface area contributed by atoms with Gasteiger partial charge in [0.15, 0.2) is 0 Å². The van der Waals surface area contributed by atoms with E-state index >= 15 is 0 Å². The number of halogens is 1. The summed E-state index contributed by atoms with van der Waals surface area (Å²) in [5.41, 5.74) is 2.81. The van der Waals surface area contributed by atoms with Crippen LogP contribution in [0.3, 0.4) is 0 Å². The molecule has 0 fully saturated rings. The van der Waals surface area contributed by atoms with Crippen LogP contribution in [-0.4, -0.2) is 21.4 Å². The Hall–Kier alpha value is -3.19. The molecule has 0 radical (unpaired) electrons. The van der Waals surface area contributed by atoms with Crippen LogP contribution in [0, 0.1) is 10.1 Å². The molecule has 0 aliphatic carbocycles. The number of nitro groups is 1. The number of aromatic nitrogens is 2. The van der Waals surface area contributed by atoms with Crippen LogP contribution in [0.5, 0.6) is 0 Å². The minimum Gasteiger partial charge on any atom is -0.360 e. The quantitative estimate of drug-likeness (QED) is 0.496. The van der Waals surface area contributed by atoms with E-state index in [1.165, 1.54) is 6.33 Å². The summed E-state index contributed by atoms with van der Waals surface area (Å²) in [5.74, 6) is 0.479. The maximum atomic E-state index is 11.9. The molecule has 1 aliphatic heterocycles. The predicted octanol–water partition coefficient (Wildman–Crippen LogP) is 4.73. The van der Waals surface area contributed by atoms with Gasteiger partial charge in [0.05, 0.1) is 4.92 Å². The van der Waals surface area contributed by atoms with Gasteiger partial charge in [-0.05, 0) is 36.1 Å². The van der Waals surface area contributed by atoms with Crippen molar-refractivity contribution in [1.82, 2.24) is 9.97 Å². The average Bonchev–Trinajstić information content (AvgIpc) is 2.72. The van der Waals surface area contributed by atoms with Crippen molar-refractivity contribution in [3.63, 3.8) is 0 Å². The predicted molar refractivity (Wildman–Crippen MR) is 109 cm³/mol. The smallest absolute Gasteiger partial charge is 0.353 e. The fourth-order valence-electron chi connectivity index (χ4n) is 3.44. The van der Waals surface area contributed by atoms with Gasteiger partial charge in [0.2, 0.25) is 11.6 Å². The number of aryl methyl sites for hydroxylation is 1. The standard InChI is InChI=1S/C20H18ClN5O2/c21-16-9-3-1-7-15(16)12-22-19-18(26(27)28)20(24-13-23-19)25-11-5-8-14-6-2-4-10-17(14)25/h1-4,6-7,9-10,13H,5,8,11-12H2,(H,22,23,24). The minimum absolute atomic E-state index is 0.133. The zero-order valence-corrected chi connectivity index (χ0v) is 15.8. The zero-order valence-electron chi connectivity index (χ0n) is 15.0. The summed E-state index contributed by atoms with van der Waals surface area (Å²) in [6.07, 6.45) is 3.21. The van der Waals surface area contributed by atoms with Crippen molar-refractivity contribution in [3.8, 4) is 0 Å². The molecule has 28 heavy (non-hydrogen) atoms. The molecule has 0 unspecified atom stereocenters. The van der Waals surface area contributed by atoms with Crippen molar-refractivity contribution < 1.29 is 4.92 Å². The van der Waals surface area contributed by atoms with E-state index < -0.39 is 4.92 Å². The minimum atomic E-state index is -0.429. The molecule has 2 aromatic carbocycles. The van der Waals surface area contributed by atoms with Crippen LogP contribution in [0.15, 0.2) is 54.9 Å². The van der Waals surface area contributed by atoms with Gasteiger partial charge in [-0.15, -0.1) is 0 Å². The van der Waals surface area contributed by atoms with Crippen LogP contribution in [0.25, 0.3) is 0 Å². The summed E-state index contributed by atoms with van der Waals surface area (Å²) in [7, 11) is 0. The Bertz CT molecular complexity index is 1030. The highest BCUT2D eigenvalue weighted by Crippen LogP contribution is 2.39. The third kappa shape index (κ3) is 3.48. The number of nitrogens with one attached hydrogen (secondary N) is 1. The van der Waals surface area contributed by atoms with E-state index in [-0.39, 0.29) is 11.5 Å². The Labute approximate surface area is 167 Å². The number of anilines is 3. The molecule has 8 heteroatoms. The van der Waals surface area contributed by atoms with Crippen molar-refractivity contribution in [2.24, 2.45) is 0 Å². The van der Waals surface area contributed by atoms with E-state index in [2.05, 4.69) is 15.3 Å². The molecule has 0 spiro atoms. The maximum Gasteiger partial charge on any atom is 0.353 e. The number of hydrogen-bond acceptors (Lipinski definition) is 6. The SMILES string of the molecule is O=[N+]([O-])c1c(NCc2ccccc2Cl)ncnc1N1CCCc2ccccc21. The number of nitrogens with zero attached hydrogens (tertiary/aromatic N) is 4. The number of para-hydroxylation sites is 1. The Morgan fingerprint density at radius 1 is 1.14 bits per heavy atom. The molecule has 2 heterocycles. The molecule has 0 amide bonds. The van der Waals surface area contributed by atoms with Crippen LogP contribution >= 0.6 is 11.6 Å². The van der Waals surface area contributed by atoms with E-state index in [4.69, 9.17) is 11.6 Å². The van der Waals surface area contributed by atoms with Gasteiger partial charge in [0.25, 0.3) is 0 Å². The van der Waals surface area contributed by atoms with Gasteiger partial charge in [0, 0.05) is 23.8 Å². The van der Waals surface area contributed by atoms with Crippen LogP contribution < -0.4 is 10.2 Å². The molecule has 1 aromatic heterocycles. The Morgan fingerprint density at radius 3 is 2.75 bits per heavy atom. The third-order valence-corrected chi connectivity index (χ3v) is 5.12. The maximum absolute atomic E-state index is 11.9. The first-order chi connectivity index (χ1) is 13.6. The Balaban J connectivity index is 1.71. The lowest BCUT2D eigenvalue weighted by Gasteiger charge is -2.30. The number of fused-ring (bicyclic) bond motifs is 1. The van der Waals surface area contributed by atoms with E-state index in [0.717, 1.165) is 29.7 Å². The lowest BCUT2D eigenvalue weighted by molar-refractivity contribution is -0.383. The lowest BCUT2D eigenvalue weighted by Crippen LogP contribution is -2.26. The van der Waals surface area contributed by atoms with Gasteiger partial charge in [-0.3, -0.25) is 10.1 Å². The van der Waals surface area contributed by atoms with Gasteiger partial charge in [-0.2, -0.15) is 0 Å². The Morgan fingerprint density at radius 2 is 1.93 bits per heavy atom. The fraction of sp³-hybridized carbons (Fsp3) is 0.200. The molecule has 0 saturated heterocycles. The molecule has 0 bridgehead atoms. The van der Waals surface area contributed by atoms with E-state index in [0.29, 0.717) is 23.9 Å². The van der Waals surface area contributed by atoms with E-state index in [1.807, 2.05) is 47.4 Å². The summed E-state index contributed by atoms with van der Waals surface area (Å²) in [6, 6.07) is 15.3. The molecular formula is C20H18ClN5O2. The second kappa shape index (κ2) is 7.82. The second-order valence-electron chi connectivity index (χ2n) is 6.48. The van der Waals surface area contributed by atoms with Gasteiger partial charge < -0.3 is 10.2 Å². The first-order valence-corrected chi connectivity index (χ1v) is 9.35. The molecule has 7 nitrogen and oxygen atoms in total. The first-order valence-electron chi connectivity index (χ1n) is 8.97. The fourth-order valence-corrected chi connectivity index (χ4v) is 3.64. The van der Waals surface area contributed by atoms with Crippen molar-refractivity contribution in [2.75, 3.05) is 16.8 Å². The van der Waals surface area contributed by atoms with Crippen LogP contribution in [-0.2, 0) is 13.0 Å².